The van der Waals surface area contributed by atoms with E-state index in [1.54, 1.807) is 6.08 Å². The first-order chi connectivity index (χ1) is 15.3. The SMILES string of the molecule is CC(C)(C)ONC(=O)/C=C/c1ccc(CN(CCO)CCc2c[nH]c3ccccc23)cc1. The van der Waals surface area contributed by atoms with E-state index in [1.807, 2.05) is 39.0 Å². The molecule has 0 saturated heterocycles. The minimum absolute atomic E-state index is 0.125. The third-order valence-corrected chi connectivity index (χ3v) is 5.06. The van der Waals surface area contributed by atoms with Crippen molar-refractivity contribution in [3.8, 4) is 0 Å². The maximum atomic E-state index is 11.8. The first kappa shape index (κ1) is 23.7. The Morgan fingerprint density at radius 3 is 2.59 bits per heavy atom. The van der Waals surface area contributed by atoms with Crippen molar-refractivity contribution >= 4 is 22.9 Å². The van der Waals surface area contributed by atoms with Gasteiger partial charge >= 0.3 is 0 Å². The summed E-state index contributed by atoms with van der Waals surface area (Å²) < 4.78 is 0. The highest BCUT2D eigenvalue weighted by Crippen LogP contribution is 2.19. The van der Waals surface area contributed by atoms with Crippen molar-refractivity contribution in [2.45, 2.75) is 39.3 Å². The highest BCUT2D eigenvalue weighted by atomic mass is 16.7. The van der Waals surface area contributed by atoms with Crippen LogP contribution in [0, 0.1) is 0 Å². The van der Waals surface area contributed by atoms with Crippen LogP contribution in [0.2, 0.25) is 0 Å². The molecule has 1 amide bonds. The summed E-state index contributed by atoms with van der Waals surface area (Å²) in [5.41, 5.74) is 6.53. The quantitative estimate of drug-likeness (QED) is 0.331. The van der Waals surface area contributed by atoms with Gasteiger partial charge in [-0.2, -0.15) is 0 Å². The van der Waals surface area contributed by atoms with Crippen LogP contribution in [-0.2, 0) is 22.6 Å². The van der Waals surface area contributed by atoms with Crippen LogP contribution in [0.4, 0.5) is 0 Å². The van der Waals surface area contributed by atoms with Crippen LogP contribution < -0.4 is 5.48 Å². The van der Waals surface area contributed by atoms with Crippen LogP contribution in [0.1, 0.15) is 37.5 Å². The van der Waals surface area contributed by atoms with Crippen LogP contribution >= 0.6 is 0 Å². The first-order valence-electron chi connectivity index (χ1n) is 11.0. The van der Waals surface area contributed by atoms with Gasteiger partial charge in [-0.25, -0.2) is 5.48 Å². The van der Waals surface area contributed by atoms with Gasteiger partial charge in [0.1, 0.15) is 0 Å². The van der Waals surface area contributed by atoms with Gasteiger partial charge in [0.15, 0.2) is 0 Å². The first-order valence-corrected chi connectivity index (χ1v) is 11.0. The lowest BCUT2D eigenvalue weighted by molar-refractivity contribution is -0.140. The molecule has 0 spiro atoms. The van der Waals surface area contributed by atoms with E-state index in [0.29, 0.717) is 6.54 Å². The largest absolute Gasteiger partial charge is 0.395 e. The number of fused-ring (bicyclic) bond motifs is 1. The molecule has 0 atom stereocenters. The zero-order valence-electron chi connectivity index (χ0n) is 19.1. The lowest BCUT2D eigenvalue weighted by Crippen LogP contribution is -2.32. The number of hydrogen-bond acceptors (Lipinski definition) is 4. The van der Waals surface area contributed by atoms with E-state index >= 15 is 0 Å². The Morgan fingerprint density at radius 2 is 1.88 bits per heavy atom. The maximum absolute atomic E-state index is 11.8. The second-order valence-corrected chi connectivity index (χ2v) is 8.86. The number of para-hydroxylation sites is 1. The summed E-state index contributed by atoms with van der Waals surface area (Å²) in [5, 5.41) is 10.8. The van der Waals surface area contributed by atoms with Crippen molar-refractivity contribution in [1.29, 1.82) is 0 Å². The number of aromatic amines is 1. The topological polar surface area (TPSA) is 77.6 Å². The predicted octanol–water partition coefficient (Wildman–Crippen LogP) is 4.06. The standard InChI is InChI=1S/C26H33N3O3/c1-26(2,3)32-28-25(31)13-12-20-8-10-21(11-9-20)19-29(16-17-30)15-14-22-18-27-24-7-5-4-6-23(22)24/h4-13,18,27,30H,14-17,19H2,1-3H3,(H,28,31)/b13-12+. The zero-order chi connectivity index (χ0) is 23.0. The molecular weight excluding hydrogens is 402 g/mol. The Labute approximate surface area is 189 Å². The molecule has 170 valence electrons. The number of aromatic nitrogens is 1. The molecule has 2 aromatic carbocycles. The number of aliphatic hydroxyl groups is 1. The second-order valence-electron chi connectivity index (χ2n) is 8.86. The van der Waals surface area contributed by atoms with Crippen LogP contribution in [0.25, 0.3) is 17.0 Å². The smallest absolute Gasteiger partial charge is 0.267 e. The summed E-state index contributed by atoms with van der Waals surface area (Å²) in [6.45, 7) is 7.98. The van der Waals surface area contributed by atoms with E-state index < -0.39 is 5.60 Å². The van der Waals surface area contributed by atoms with Gasteiger partial charge in [0, 0.05) is 42.8 Å². The van der Waals surface area contributed by atoms with Crippen molar-refractivity contribution in [2.24, 2.45) is 0 Å². The van der Waals surface area contributed by atoms with E-state index in [-0.39, 0.29) is 12.5 Å². The van der Waals surface area contributed by atoms with Crippen molar-refractivity contribution in [2.75, 3.05) is 19.7 Å². The fourth-order valence-electron chi connectivity index (χ4n) is 3.43. The number of hydrogen-bond donors (Lipinski definition) is 3. The molecule has 0 radical (unpaired) electrons. The Hall–Kier alpha value is -2.93. The molecule has 0 unspecified atom stereocenters. The Bertz CT molecular complexity index is 1030. The van der Waals surface area contributed by atoms with Gasteiger partial charge in [-0.3, -0.25) is 14.5 Å². The van der Waals surface area contributed by atoms with Crippen molar-refractivity contribution in [3.05, 3.63) is 77.5 Å². The second kappa shape index (κ2) is 11.1. The molecule has 1 heterocycles. The Balaban J connectivity index is 1.54. The van der Waals surface area contributed by atoms with Crippen LogP contribution in [0.5, 0.6) is 0 Å². The molecule has 3 N–H and O–H groups in total. The molecule has 0 aliphatic rings. The van der Waals surface area contributed by atoms with Crippen LogP contribution in [0.3, 0.4) is 0 Å². The summed E-state index contributed by atoms with van der Waals surface area (Å²) in [6, 6.07) is 16.4. The normalized spacial score (nSPS) is 12.2. The molecule has 32 heavy (non-hydrogen) atoms. The number of rotatable bonds is 10. The number of nitrogens with one attached hydrogen (secondary N) is 2. The number of aliphatic hydroxyl groups excluding tert-OH is 1. The van der Waals surface area contributed by atoms with Gasteiger partial charge in [-0.1, -0.05) is 42.5 Å². The van der Waals surface area contributed by atoms with Gasteiger partial charge in [-0.15, -0.1) is 0 Å². The number of amides is 1. The number of benzene rings is 2. The lowest BCUT2D eigenvalue weighted by Gasteiger charge is -2.21. The molecule has 0 saturated carbocycles. The third kappa shape index (κ3) is 7.34. The average Bonchev–Trinajstić information content (AvgIpc) is 3.18. The summed E-state index contributed by atoms with van der Waals surface area (Å²) in [5.74, 6) is -0.296. The fourth-order valence-corrected chi connectivity index (χ4v) is 3.43. The molecule has 0 aliphatic carbocycles. The number of hydroxylamine groups is 1. The van der Waals surface area contributed by atoms with Crippen molar-refractivity contribution in [1.82, 2.24) is 15.4 Å². The molecule has 6 heteroatoms. The molecule has 1 aromatic heterocycles. The molecule has 6 nitrogen and oxygen atoms in total. The van der Waals surface area contributed by atoms with E-state index in [1.165, 1.54) is 17.0 Å². The van der Waals surface area contributed by atoms with E-state index in [0.717, 1.165) is 36.2 Å². The molecule has 0 bridgehead atoms. The molecule has 3 rings (SSSR count). The highest BCUT2D eigenvalue weighted by molar-refractivity contribution is 5.91. The summed E-state index contributed by atoms with van der Waals surface area (Å²) in [4.78, 5) is 22.7. The minimum atomic E-state index is -0.431. The van der Waals surface area contributed by atoms with Gasteiger partial charge in [0.2, 0.25) is 0 Å². The van der Waals surface area contributed by atoms with E-state index in [9.17, 15) is 9.90 Å². The van der Waals surface area contributed by atoms with Gasteiger partial charge < -0.3 is 10.1 Å². The van der Waals surface area contributed by atoms with Gasteiger partial charge in [0.25, 0.3) is 5.91 Å². The van der Waals surface area contributed by atoms with Gasteiger partial charge in [0.05, 0.1) is 12.2 Å². The predicted molar refractivity (Wildman–Crippen MR) is 129 cm³/mol. The number of carbonyl (C=O) groups is 1. The molecular formula is C26H33N3O3. The molecule has 0 fully saturated rings. The zero-order valence-corrected chi connectivity index (χ0v) is 19.1. The number of H-pyrrole nitrogens is 1. The monoisotopic (exact) mass is 435 g/mol. The van der Waals surface area contributed by atoms with E-state index in [4.69, 9.17) is 4.84 Å². The third-order valence-electron chi connectivity index (χ3n) is 5.06. The van der Waals surface area contributed by atoms with Gasteiger partial charge in [-0.05, 0) is 56.0 Å². The summed E-state index contributed by atoms with van der Waals surface area (Å²) >= 11 is 0. The minimum Gasteiger partial charge on any atom is -0.395 e. The summed E-state index contributed by atoms with van der Waals surface area (Å²) in [7, 11) is 0. The Kier molecular flexibility index (Phi) is 8.22. The van der Waals surface area contributed by atoms with Crippen molar-refractivity contribution in [3.63, 3.8) is 0 Å². The molecule has 0 aliphatic heterocycles. The maximum Gasteiger partial charge on any atom is 0.267 e. The lowest BCUT2D eigenvalue weighted by atomic mass is 10.1. The molecule has 3 aromatic rings. The summed E-state index contributed by atoms with van der Waals surface area (Å²) in [6.07, 6.45) is 6.20. The number of carbonyl (C=O) groups excluding carboxylic acids is 1. The van der Waals surface area contributed by atoms with Crippen LogP contribution in [0.15, 0.2) is 60.8 Å². The van der Waals surface area contributed by atoms with E-state index in [2.05, 4.69) is 51.9 Å². The van der Waals surface area contributed by atoms with Crippen molar-refractivity contribution < 1.29 is 14.7 Å². The Morgan fingerprint density at radius 1 is 1.12 bits per heavy atom. The average molecular weight is 436 g/mol. The van der Waals surface area contributed by atoms with Crippen LogP contribution in [-0.4, -0.2) is 46.2 Å². The number of nitrogens with zero attached hydrogens (tertiary/aromatic N) is 1. The highest BCUT2D eigenvalue weighted by Gasteiger charge is 2.11. The fraction of sp³-hybridized carbons (Fsp3) is 0.346.